The lowest BCUT2D eigenvalue weighted by atomic mass is 10.1. The Bertz CT molecular complexity index is 1510. The molecule has 3 aromatic carbocycles. The highest BCUT2D eigenvalue weighted by Crippen LogP contribution is 2.27. The van der Waals surface area contributed by atoms with Gasteiger partial charge in [-0.25, -0.2) is 4.98 Å². The summed E-state index contributed by atoms with van der Waals surface area (Å²) in [5.41, 5.74) is 2.09. The van der Waals surface area contributed by atoms with Crippen molar-refractivity contribution in [2.45, 2.75) is 0 Å². The molecule has 1 amide bonds. The zero-order valence-electron chi connectivity index (χ0n) is 17.6. The van der Waals surface area contributed by atoms with Gasteiger partial charge >= 0.3 is 0 Å². The highest BCUT2D eigenvalue weighted by Gasteiger charge is 2.19. The second kappa shape index (κ2) is 8.68. The summed E-state index contributed by atoms with van der Waals surface area (Å²) in [4.78, 5) is 30.8. The first-order valence-corrected chi connectivity index (χ1v) is 11.0. The lowest BCUT2D eigenvalue weighted by Gasteiger charge is -2.10. The van der Waals surface area contributed by atoms with E-state index in [-0.39, 0.29) is 11.3 Å². The monoisotopic (exact) mass is 454 g/mol. The van der Waals surface area contributed by atoms with Crippen LogP contribution in [0, 0.1) is 0 Å². The predicted molar refractivity (Wildman–Crippen MR) is 129 cm³/mol. The van der Waals surface area contributed by atoms with E-state index < -0.39 is 5.91 Å². The summed E-state index contributed by atoms with van der Waals surface area (Å²) in [6.07, 6.45) is 0. The van der Waals surface area contributed by atoms with Crippen molar-refractivity contribution in [3.8, 4) is 22.7 Å². The second-order valence-corrected chi connectivity index (χ2v) is 8.03. The van der Waals surface area contributed by atoms with Crippen LogP contribution in [0.15, 0.2) is 89.0 Å². The minimum absolute atomic E-state index is 0.148. The maximum Gasteiger partial charge on any atom is 0.279 e. The molecule has 0 aliphatic heterocycles. The van der Waals surface area contributed by atoms with Gasteiger partial charge < -0.3 is 4.74 Å². The van der Waals surface area contributed by atoms with Gasteiger partial charge in [0.2, 0.25) is 0 Å². The van der Waals surface area contributed by atoms with E-state index in [1.807, 2.05) is 47.8 Å². The molecular weight excluding hydrogens is 436 g/mol. The summed E-state index contributed by atoms with van der Waals surface area (Å²) in [5.74, 6) is 0.320. The van der Waals surface area contributed by atoms with E-state index in [2.05, 4.69) is 15.4 Å². The van der Waals surface area contributed by atoms with Crippen molar-refractivity contribution in [1.29, 1.82) is 0 Å². The summed E-state index contributed by atoms with van der Waals surface area (Å²) in [5, 5.41) is 10.4. The molecule has 33 heavy (non-hydrogen) atoms. The van der Waals surface area contributed by atoms with E-state index >= 15 is 0 Å². The molecule has 2 aromatic heterocycles. The molecule has 0 radical (unpaired) electrons. The van der Waals surface area contributed by atoms with Crippen LogP contribution in [0.5, 0.6) is 5.75 Å². The summed E-state index contributed by atoms with van der Waals surface area (Å²) in [6, 6.07) is 23.5. The number of carbonyl (C=O) groups excluding carboxylic acids is 1. The number of hydrogen-bond donors (Lipinski definition) is 1. The number of para-hydroxylation sites is 1. The SMILES string of the molecule is COc1ccc(-c2csc(NC(=O)c3nn(-c4ccccc4)c(=O)c4ccccc34)n2)cc1. The van der Waals surface area contributed by atoms with Crippen LogP contribution in [-0.4, -0.2) is 27.8 Å². The average Bonchev–Trinajstić information content (AvgIpc) is 3.33. The minimum atomic E-state index is -0.438. The van der Waals surface area contributed by atoms with E-state index in [0.717, 1.165) is 17.0 Å². The van der Waals surface area contributed by atoms with Gasteiger partial charge in [0.25, 0.3) is 11.5 Å². The molecule has 5 rings (SSSR count). The standard InChI is InChI=1S/C25H18N4O3S/c1-32-18-13-11-16(12-14-18)21-15-33-25(26-21)27-23(30)22-19-9-5-6-10-20(19)24(31)29(28-22)17-7-3-2-4-8-17/h2-15H,1H3,(H,26,27,30). The van der Waals surface area contributed by atoms with E-state index in [9.17, 15) is 9.59 Å². The number of anilines is 1. The molecule has 5 aromatic rings. The highest BCUT2D eigenvalue weighted by molar-refractivity contribution is 7.14. The molecule has 0 fully saturated rings. The van der Waals surface area contributed by atoms with Crippen molar-refractivity contribution in [1.82, 2.24) is 14.8 Å². The van der Waals surface area contributed by atoms with Gasteiger partial charge in [0.15, 0.2) is 10.8 Å². The van der Waals surface area contributed by atoms with E-state index in [4.69, 9.17) is 4.74 Å². The van der Waals surface area contributed by atoms with Crippen molar-refractivity contribution in [3.63, 3.8) is 0 Å². The zero-order valence-corrected chi connectivity index (χ0v) is 18.4. The third kappa shape index (κ3) is 3.99. The van der Waals surface area contributed by atoms with Gasteiger partial charge in [-0.05, 0) is 42.5 Å². The summed E-state index contributed by atoms with van der Waals surface area (Å²) >= 11 is 1.32. The summed E-state index contributed by atoms with van der Waals surface area (Å²) in [6.45, 7) is 0. The van der Waals surface area contributed by atoms with E-state index in [1.54, 1.807) is 43.5 Å². The molecule has 0 bridgehead atoms. The number of thiazole rings is 1. The molecular formula is C25H18N4O3S. The molecule has 0 spiro atoms. The molecule has 0 aliphatic rings. The normalized spacial score (nSPS) is 10.8. The number of carbonyl (C=O) groups is 1. The number of nitrogens with one attached hydrogen (secondary N) is 1. The van der Waals surface area contributed by atoms with Crippen molar-refractivity contribution < 1.29 is 9.53 Å². The summed E-state index contributed by atoms with van der Waals surface area (Å²) in [7, 11) is 1.62. The molecule has 0 saturated heterocycles. The Morgan fingerprint density at radius 2 is 1.64 bits per heavy atom. The smallest absolute Gasteiger partial charge is 0.279 e. The van der Waals surface area contributed by atoms with Crippen molar-refractivity contribution in [2.24, 2.45) is 0 Å². The zero-order chi connectivity index (χ0) is 22.8. The lowest BCUT2D eigenvalue weighted by Crippen LogP contribution is -2.26. The highest BCUT2D eigenvalue weighted by atomic mass is 32.1. The summed E-state index contributed by atoms with van der Waals surface area (Å²) < 4.78 is 6.44. The molecule has 0 aliphatic carbocycles. The number of fused-ring (bicyclic) bond motifs is 1. The number of nitrogens with zero attached hydrogens (tertiary/aromatic N) is 3. The Labute approximate surface area is 192 Å². The van der Waals surface area contributed by atoms with Crippen molar-refractivity contribution >= 4 is 33.1 Å². The first kappa shape index (κ1) is 20.6. The number of methoxy groups -OCH3 is 1. The fraction of sp³-hybridized carbons (Fsp3) is 0.0400. The van der Waals surface area contributed by atoms with Crippen LogP contribution in [-0.2, 0) is 0 Å². The van der Waals surface area contributed by atoms with Gasteiger partial charge in [0, 0.05) is 16.3 Å². The largest absolute Gasteiger partial charge is 0.497 e. The minimum Gasteiger partial charge on any atom is -0.497 e. The number of aromatic nitrogens is 3. The number of amides is 1. The van der Waals surface area contributed by atoms with Crippen molar-refractivity contribution in [3.05, 3.63) is 100 Å². The van der Waals surface area contributed by atoms with Gasteiger partial charge in [-0.15, -0.1) is 11.3 Å². The van der Waals surface area contributed by atoms with Gasteiger partial charge in [-0.3, -0.25) is 14.9 Å². The number of ether oxygens (including phenoxy) is 1. The van der Waals surface area contributed by atoms with Crippen LogP contribution in [0.25, 0.3) is 27.7 Å². The molecule has 1 N–H and O–H groups in total. The Hall–Kier alpha value is -4.30. The fourth-order valence-corrected chi connectivity index (χ4v) is 4.20. The number of rotatable bonds is 5. The van der Waals surface area contributed by atoms with Gasteiger partial charge in [-0.1, -0.05) is 36.4 Å². The molecule has 0 unspecified atom stereocenters. The molecule has 0 saturated carbocycles. The van der Waals surface area contributed by atoms with E-state index in [1.165, 1.54) is 16.0 Å². The Morgan fingerprint density at radius 3 is 2.36 bits per heavy atom. The Balaban J connectivity index is 1.51. The number of benzene rings is 3. The van der Waals surface area contributed by atoms with Gasteiger partial charge in [-0.2, -0.15) is 9.78 Å². The number of hydrogen-bond acceptors (Lipinski definition) is 6. The van der Waals surface area contributed by atoms with Crippen LogP contribution >= 0.6 is 11.3 Å². The molecule has 2 heterocycles. The third-order valence-corrected chi connectivity index (χ3v) is 5.89. The van der Waals surface area contributed by atoms with Crippen LogP contribution < -0.4 is 15.6 Å². The second-order valence-electron chi connectivity index (χ2n) is 7.17. The van der Waals surface area contributed by atoms with Gasteiger partial charge in [0.05, 0.1) is 23.9 Å². The van der Waals surface area contributed by atoms with Crippen LogP contribution in [0.4, 0.5) is 5.13 Å². The molecule has 0 atom stereocenters. The topological polar surface area (TPSA) is 86.1 Å². The Morgan fingerprint density at radius 1 is 0.939 bits per heavy atom. The fourth-order valence-electron chi connectivity index (χ4n) is 3.48. The quantitative estimate of drug-likeness (QED) is 0.413. The van der Waals surface area contributed by atoms with Crippen LogP contribution in [0.3, 0.4) is 0 Å². The Kier molecular flexibility index (Phi) is 5.42. The van der Waals surface area contributed by atoms with E-state index in [0.29, 0.717) is 21.6 Å². The molecule has 162 valence electrons. The maximum atomic E-state index is 13.2. The van der Waals surface area contributed by atoms with Crippen LogP contribution in [0.1, 0.15) is 10.5 Å². The van der Waals surface area contributed by atoms with Crippen molar-refractivity contribution in [2.75, 3.05) is 12.4 Å². The maximum absolute atomic E-state index is 13.2. The first-order valence-electron chi connectivity index (χ1n) is 10.1. The van der Waals surface area contributed by atoms with Crippen LogP contribution in [0.2, 0.25) is 0 Å². The third-order valence-electron chi connectivity index (χ3n) is 5.13. The average molecular weight is 455 g/mol. The first-order chi connectivity index (χ1) is 16.1. The van der Waals surface area contributed by atoms with Gasteiger partial charge in [0.1, 0.15) is 5.75 Å². The predicted octanol–water partition coefficient (Wildman–Crippen LogP) is 4.77. The lowest BCUT2D eigenvalue weighted by molar-refractivity contribution is 0.102. The molecule has 8 heteroatoms. The molecule has 7 nitrogen and oxygen atoms in total.